The monoisotopic (exact) mass is 234 g/mol. The lowest BCUT2D eigenvalue weighted by atomic mass is 9.93. The molecule has 1 atom stereocenters. The van der Waals surface area contributed by atoms with Crippen LogP contribution in [0.3, 0.4) is 0 Å². The molecule has 3 nitrogen and oxygen atoms in total. The second-order valence-electron chi connectivity index (χ2n) is 4.65. The molecule has 0 spiro atoms. The van der Waals surface area contributed by atoms with Crippen LogP contribution in [0.2, 0.25) is 0 Å². The number of halogens is 1. The molecule has 90 valence electrons. The first kappa shape index (κ1) is 13.2. The Kier molecular flexibility index (Phi) is 5.90. The number of hydrogen-bond acceptors (Lipinski definition) is 3. The van der Waals surface area contributed by atoms with Gasteiger partial charge in [-0.3, -0.25) is 5.32 Å². The third-order valence-corrected chi connectivity index (χ3v) is 3.40. The normalized spacial score (nSPS) is 29.8. The maximum absolute atomic E-state index is 5.68. The van der Waals surface area contributed by atoms with Gasteiger partial charge in [-0.2, -0.15) is 0 Å². The van der Waals surface area contributed by atoms with Crippen LogP contribution in [0.4, 0.5) is 0 Å². The molecule has 0 aromatic carbocycles. The van der Waals surface area contributed by atoms with E-state index in [1.807, 2.05) is 0 Å². The molecule has 0 aromatic rings. The van der Waals surface area contributed by atoms with Crippen LogP contribution in [0, 0.1) is 5.92 Å². The highest BCUT2D eigenvalue weighted by Crippen LogP contribution is 2.22. The van der Waals surface area contributed by atoms with Crippen molar-refractivity contribution in [1.29, 1.82) is 0 Å². The summed E-state index contributed by atoms with van der Waals surface area (Å²) in [5, 5.41) is 3.44. The first-order chi connectivity index (χ1) is 6.84. The molecule has 2 fully saturated rings. The number of rotatable bonds is 2. The van der Waals surface area contributed by atoms with Gasteiger partial charge in [-0.05, 0) is 58.3 Å². The highest BCUT2D eigenvalue weighted by molar-refractivity contribution is 5.85. The summed E-state index contributed by atoms with van der Waals surface area (Å²) in [7, 11) is 2.21. The summed E-state index contributed by atoms with van der Waals surface area (Å²) in [4.78, 5) is 2.42. The van der Waals surface area contributed by atoms with Crippen LogP contribution in [0.15, 0.2) is 0 Å². The molecule has 2 aliphatic rings. The minimum atomic E-state index is 0. The van der Waals surface area contributed by atoms with Crippen LogP contribution >= 0.6 is 12.4 Å². The summed E-state index contributed by atoms with van der Waals surface area (Å²) in [5.74, 6) is 0.877. The van der Waals surface area contributed by atoms with Gasteiger partial charge in [-0.25, -0.2) is 0 Å². The zero-order valence-electron chi connectivity index (χ0n) is 9.58. The molecule has 4 heteroatoms. The van der Waals surface area contributed by atoms with Crippen LogP contribution < -0.4 is 5.32 Å². The van der Waals surface area contributed by atoms with Gasteiger partial charge in [0.05, 0.1) is 0 Å². The Morgan fingerprint density at radius 1 is 1.33 bits per heavy atom. The lowest BCUT2D eigenvalue weighted by Crippen LogP contribution is -2.41. The van der Waals surface area contributed by atoms with Crippen molar-refractivity contribution in [1.82, 2.24) is 10.2 Å². The Morgan fingerprint density at radius 2 is 2.07 bits per heavy atom. The van der Waals surface area contributed by atoms with Crippen LogP contribution in [0.5, 0.6) is 0 Å². The van der Waals surface area contributed by atoms with Crippen LogP contribution in [-0.2, 0) is 4.74 Å². The molecular formula is C11H23ClN2O. The molecule has 0 aliphatic carbocycles. The maximum Gasteiger partial charge on any atom is 0.108 e. The van der Waals surface area contributed by atoms with Crippen LogP contribution in [0.1, 0.15) is 25.7 Å². The van der Waals surface area contributed by atoms with Gasteiger partial charge in [-0.15, -0.1) is 12.4 Å². The van der Waals surface area contributed by atoms with E-state index in [1.165, 1.54) is 38.8 Å². The second kappa shape index (κ2) is 6.69. The Morgan fingerprint density at radius 3 is 2.67 bits per heavy atom. The predicted octanol–water partition coefficient (Wildman–Crippen LogP) is 1.48. The van der Waals surface area contributed by atoms with E-state index in [9.17, 15) is 0 Å². The largest absolute Gasteiger partial charge is 0.363 e. The van der Waals surface area contributed by atoms with E-state index in [0.29, 0.717) is 6.23 Å². The molecule has 2 heterocycles. The SMILES string of the molecule is CN1CCC(CC2NCCCO2)CC1.Cl. The second-order valence-corrected chi connectivity index (χ2v) is 4.65. The Bertz CT molecular complexity index is 166. The fraction of sp³-hybridized carbons (Fsp3) is 1.00. The first-order valence-electron chi connectivity index (χ1n) is 5.88. The lowest BCUT2D eigenvalue weighted by molar-refractivity contribution is -0.0182. The number of likely N-dealkylation sites (tertiary alicyclic amines) is 1. The van der Waals surface area contributed by atoms with Gasteiger partial charge in [0.1, 0.15) is 6.23 Å². The van der Waals surface area contributed by atoms with Crippen molar-refractivity contribution in [3.8, 4) is 0 Å². The topological polar surface area (TPSA) is 24.5 Å². The molecule has 0 aromatic heterocycles. The third-order valence-electron chi connectivity index (χ3n) is 3.40. The van der Waals surface area contributed by atoms with Gasteiger partial charge >= 0.3 is 0 Å². The summed E-state index contributed by atoms with van der Waals surface area (Å²) >= 11 is 0. The zero-order valence-corrected chi connectivity index (χ0v) is 10.4. The maximum atomic E-state index is 5.68. The molecule has 1 N–H and O–H groups in total. The van der Waals surface area contributed by atoms with Crippen LogP contribution in [0.25, 0.3) is 0 Å². The number of nitrogens with one attached hydrogen (secondary N) is 1. The van der Waals surface area contributed by atoms with Crippen molar-refractivity contribution in [2.24, 2.45) is 5.92 Å². The average Bonchev–Trinajstić information content (AvgIpc) is 2.23. The number of nitrogens with zero attached hydrogens (tertiary/aromatic N) is 1. The zero-order chi connectivity index (χ0) is 9.80. The van der Waals surface area contributed by atoms with Gasteiger partial charge < -0.3 is 9.64 Å². The van der Waals surface area contributed by atoms with Gasteiger partial charge in [0, 0.05) is 6.61 Å². The predicted molar refractivity (Wildman–Crippen MR) is 64.4 cm³/mol. The summed E-state index contributed by atoms with van der Waals surface area (Å²) in [5.41, 5.74) is 0. The Balaban J connectivity index is 0.00000112. The fourth-order valence-corrected chi connectivity index (χ4v) is 2.37. The van der Waals surface area contributed by atoms with Crippen molar-refractivity contribution in [3.05, 3.63) is 0 Å². The molecule has 0 radical (unpaired) electrons. The molecule has 2 aliphatic heterocycles. The summed E-state index contributed by atoms with van der Waals surface area (Å²) in [6, 6.07) is 0. The minimum Gasteiger partial charge on any atom is -0.363 e. The quantitative estimate of drug-likeness (QED) is 0.784. The molecule has 1 unspecified atom stereocenters. The molecular weight excluding hydrogens is 212 g/mol. The van der Waals surface area contributed by atoms with E-state index in [1.54, 1.807) is 0 Å². The van der Waals surface area contributed by atoms with E-state index in [4.69, 9.17) is 4.74 Å². The molecule has 0 amide bonds. The standard InChI is InChI=1S/C11H22N2O.ClH/c1-13-6-3-10(4-7-13)9-11-12-5-2-8-14-11;/h10-12H,2-9H2,1H3;1H. The van der Waals surface area contributed by atoms with Crippen molar-refractivity contribution < 1.29 is 4.74 Å². The Labute approximate surface area is 99.0 Å². The number of hydrogen-bond donors (Lipinski definition) is 1. The van der Waals surface area contributed by atoms with E-state index in [2.05, 4.69) is 17.3 Å². The molecule has 2 saturated heterocycles. The average molecular weight is 235 g/mol. The molecule has 15 heavy (non-hydrogen) atoms. The van der Waals surface area contributed by atoms with Gasteiger partial charge in [0.25, 0.3) is 0 Å². The summed E-state index contributed by atoms with van der Waals surface area (Å²) in [6.45, 7) is 4.61. The third kappa shape index (κ3) is 4.27. The van der Waals surface area contributed by atoms with E-state index in [0.717, 1.165) is 19.1 Å². The van der Waals surface area contributed by atoms with Crippen LogP contribution in [-0.4, -0.2) is 44.4 Å². The highest BCUT2D eigenvalue weighted by Gasteiger charge is 2.22. The molecule has 0 saturated carbocycles. The fourth-order valence-electron chi connectivity index (χ4n) is 2.37. The molecule has 0 bridgehead atoms. The van der Waals surface area contributed by atoms with Crippen molar-refractivity contribution >= 4 is 12.4 Å². The van der Waals surface area contributed by atoms with E-state index >= 15 is 0 Å². The van der Waals surface area contributed by atoms with Crippen molar-refractivity contribution in [2.75, 3.05) is 33.3 Å². The van der Waals surface area contributed by atoms with Crippen molar-refractivity contribution in [2.45, 2.75) is 31.9 Å². The summed E-state index contributed by atoms with van der Waals surface area (Å²) < 4.78 is 5.68. The van der Waals surface area contributed by atoms with Gasteiger partial charge in [-0.1, -0.05) is 0 Å². The van der Waals surface area contributed by atoms with Gasteiger partial charge in [0.15, 0.2) is 0 Å². The number of ether oxygens (including phenoxy) is 1. The minimum absolute atomic E-state index is 0. The van der Waals surface area contributed by atoms with E-state index in [-0.39, 0.29) is 12.4 Å². The number of piperidine rings is 1. The lowest BCUT2D eigenvalue weighted by Gasteiger charge is -2.33. The highest BCUT2D eigenvalue weighted by atomic mass is 35.5. The first-order valence-corrected chi connectivity index (χ1v) is 5.88. The summed E-state index contributed by atoms with van der Waals surface area (Å²) in [6.07, 6.45) is 5.42. The Hall–Kier alpha value is 0.170. The van der Waals surface area contributed by atoms with Gasteiger partial charge in [0.2, 0.25) is 0 Å². The van der Waals surface area contributed by atoms with E-state index < -0.39 is 0 Å². The smallest absolute Gasteiger partial charge is 0.108 e. The molecule has 2 rings (SSSR count). The van der Waals surface area contributed by atoms with Crippen molar-refractivity contribution in [3.63, 3.8) is 0 Å².